The van der Waals surface area contributed by atoms with Crippen molar-refractivity contribution in [2.45, 2.75) is 72.6 Å². The van der Waals surface area contributed by atoms with Crippen LogP contribution in [0.2, 0.25) is 0 Å². The van der Waals surface area contributed by atoms with Gasteiger partial charge in [0, 0.05) is 0 Å². The molecule has 0 unspecified atom stereocenters. The molecule has 3 N–H and O–H groups in total. The van der Waals surface area contributed by atoms with Crippen molar-refractivity contribution < 1.29 is 24.9 Å². The van der Waals surface area contributed by atoms with Gasteiger partial charge in [-0.05, 0) is 39.9 Å². The molecule has 0 atom stereocenters. The fraction of sp³-hybridized carbons (Fsp3) is 0.619. The first-order chi connectivity index (χ1) is 11.5. The van der Waals surface area contributed by atoms with E-state index in [0.717, 1.165) is 0 Å². The Morgan fingerprint density at radius 2 is 1.23 bits per heavy atom. The largest absolute Gasteiger partial charge is 0.507 e. The molecule has 0 aliphatic carbocycles. The van der Waals surface area contributed by atoms with Crippen LogP contribution in [0.5, 0.6) is 5.75 Å². The third kappa shape index (κ3) is 4.02. The summed E-state index contributed by atoms with van der Waals surface area (Å²) in [6, 6.07) is 3.49. The van der Waals surface area contributed by atoms with Crippen LogP contribution in [0.25, 0.3) is 0 Å². The van der Waals surface area contributed by atoms with E-state index in [1.165, 1.54) is 0 Å². The molecule has 26 heavy (non-hydrogen) atoms. The summed E-state index contributed by atoms with van der Waals surface area (Å²) in [5.41, 5.74) is -0.667. The van der Waals surface area contributed by atoms with E-state index in [2.05, 4.69) is 0 Å². The van der Waals surface area contributed by atoms with Gasteiger partial charge in [-0.15, -0.1) is 0 Å². The predicted molar refractivity (Wildman–Crippen MR) is 102 cm³/mol. The zero-order chi connectivity index (χ0) is 20.7. The number of carboxylic acid groups (broad SMARTS) is 2. The molecule has 1 rings (SSSR count). The van der Waals surface area contributed by atoms with Crippen molar-refractivity contribution in [2.24, 2.45) is 11.3 Å². The van der Waals surface area contributed by atoms with E-state index < -0.39 is 23.3 Å². The summed E-state index contributed by atoms with van der Waals surface area (Å²) in [6.45, 7) is 15.0. The minimum atomic E-state index is -1.92. The SMILES string of the molecule is CC(C)C(Cc1cc(C(C)(C)C)c(O)c(C(C)(C)C)c1)(C(=O)O)C(=O)O. The molecule has 1 aromatic carbocycles. The first-order valence-electron chi connectivity index (χ1n) is 8.88. The number of phenols is 1. The van der Waals surface area contributed by atoms with E-state index in [-0.39, 0.29) is 23.0 Å². The summed E-state index contributed by atoms with van der Waals surface area (Å²) < 4.78 is 0. The Kier molecular flexibility index (Phi) is 5.87. The van der Waals surface area contributed by atoms with E-state index in [0.29, 0.717) is 16.7 Å². The molecule has 1 aromatic rings. The molecule has 0 aliphatic rings. The second kappa shape index (κ2) is 6.93. The van der Waals surface area contributed by atoms with Crippen molar-refractivity contribution >= 4 is 11.9 Å². The zero-order valence-corrected chi connectivity index (χ0v) is 17.1. The average molecular weight is 364 g/mol. The van der Waals surface area contributed by atoms with Gasteiger partial charge in [0.25, 0.3) is 0 Å². The Morgan fingerprint density at radius 3 is 1.46 bits per heavy atom. The lowest BCUT2D eigenvalue weighted by atomic mass is 9.71. The highest BCUT2D eigenvalue weighted by atomic mass is 16.4. The molecule has 0 radical (unpaired) electrons. The van der Waals surface area contributed by atoms with Crippen LogP contribution >= 0.6 is 0 Å². The number of hydrogen-bond acceptors (Lipinski definition) is 3. The Bertz CT molecular complexity index is 653. The Balaban J connectivity index is 3.73. The van der Waals surface area contributed by atoms with Gasteiger partial charge in [-0.3, -0.25) is 9.59 Å². The fourth-order valence-electron chi connectivity index (χ4n) is 3.20. The average Bonchev–Trinajstić information content (AvgIpc) is 2.42. The molecule has 5 heteroatoms. The highest BCUT2D eigenvalue weighted by Crippen LogP contribution is 2.42. The number of aliphatic carboxylic acids is 2. The molecule has 0 aromatic heterocycles. The van der Waals surface area contributed by atoms with Gasteiger partial charge in [-0.1, -0.05) is 67.5 Å². The van der Waals surface area contributed by atoms with Gasteiger partial charge in [-0.2, -0.15) is 0 Å². The van der Waals surface area contributed by atoms with Crippen LogP contribution in [-0.4, -0.2) is 27.3 Å². The molecular formula is C21H32O5. The number of benzene rings is 1. The maximum absolute atomic E-state index is 11.9. The molecule has 5 nitrogen and oxygen atoms in total. The van der Waals surface area contributed by atoms with Crippen LogP contribution in [0.15, 0.2) is 12.1 Å². The summed E-state index contributed by atoms with van der Waals surface area (Å²) in [5, 5.41) is 30.2. The van der Waals surface area contributed by atoms with E-state index in [4.69, 9.17) is 0 Å². The van der Waals surface area contributed by atoms with Crippen LogP contribution in [0.3, 0.4) is 0 Å². The minimum Gasteiger partial charge on any atom is -0.507 e. The van der Waals surface area contributed by atoms with Crippen LogP contribution in [0, 0.1) is 11.3 Å². The Labute approximate surface area is 156 Å². The quantitative estimate of drug-likeness (QED) is 0.676. The maximum Gasteiger partial charge on any atom is 0.321 e. The normalized spacial score (nSPS) is 13.1. The molecule has 0 heterocycles. The van der Waals surface area contributed by atoms with Gasteiger partial charge >= 0.3 is 11.9 Å². The van der Waals surface area contributed by atoms with Gasteiger partial charge in [0.05, 0.1) is 0 Å². The minimum absolute atomic E-state index is 0.137. The summed E-state index contributed by atoms with van der Waals surface area (Å²) in [4.78, 5) is 23.8. The molecule has 0 spiro atoms. The number of hydrogen-bond donors (Lipinski definition) is 3. The molecule has 0 saturated heterocycles. The molecule has 0 fully saturated rings. The number of carbonyl (C=O) groups is 2. The highest BCUT2D eigenvalue weighted by Gasteiger charge is 2.49. The summed E-state index contributed by atoms with van der Waals surface area (Å²) in [6.07, 6.45) is -0.137. The third-order valence-electron chi connectivity index (χ3n) is 5.02. The van der Waals surface area contributed by atoms with Crippen molar-refractivity contribution in [1.29, 1.82) is 0 Å². The standard InChI is InChI=1S/C21H32O5/c1-12(2)21(17(23)24,18(25)26)11-13-9-14(19(3,4)5)16(22)15(10-13)20(6,7)8/h9-10,12,22H,11H2,1-8H3,(H,23,24)(H,25,26). The van der Waals surface area contributed by atoms with Crippen molar-refractivity contribution in [1.82, 2.24) is 0 Å². The first kappa shape index (κ1) is 22.0. The van der Waals surface area contributed by atoms with Crippen molar-refractivity contribution in [3.8, 4) is 5.75 Å². The maximum atomic E-state index is 11.9. The molecular weight excluding hydrogens is 332 g/mol. The molecule has 0 aliphatic heterocycles. The van der Waals surface area contributed by atoms with Crippen LogP contribution in [0.4, 0.5) is 0 Å². The van der Waals surface area contributed by atoms with E-state index in [1.54, 1.807) is 26.0 Å². The monoisotopic (exact) mass is 364 g/mol. The van der Waals surface area contributed by atoms with Crippen molar-refractivity contribution in [2.75, 3.05) is 0 Å². The summed E-state index contributed by atoms with van der Waals surface area (Å²) >= 11 is 0. The van der Waals surface area contributed by atoms with E-state index >= 15 is 0 Å². The van der Waals surface area contributed by atoms with E-state index in [1.807, 2.05) is 41.5 Å². The van der Waals surface area contributed by atoms with Crippen molar-refractivity contribution in [3.63, 3.8) is 0 Å². The Hall–Kier alpha value is -2.04. The fourth-order valence-corrected chi connectivity index (χ4v) is 3.20. The topological polar surface area (TPSA) is 94.8 Å². The predicted octanol–water partition coefficient (Wildman–Crippen LogP) is 4.34. The zero-order valence-electron chi connectivity index (χ0n) is 17.1. The lowest BCUT2D eigenvalue weighted by Crippen LogP contribution is -2.45. The van der Waals surface area contributed by atoms with E-state index in [9.17, 15) is 24.9 Å². The van der Waals surface area contributed by atoms with Gasteiger partial charge < -0.3 is 15.3 Å². The van der Waals surface area contributed by atoms with Crippen LogP contribution in [-0.2, 0) is 26.8 Å². The van der Waals surface area contributed by atoms with Gasteiger partial charge in [0.15, 0.2) is 5.41 Å². The number of aromatic hydroxyl groups is 1. The second-order valence-electron chi connectivity index (χ2n) is 9.45. The molecule has 0 amide bonds. The summed E-state index contributed by atoms with van der Waals surface area (Å²) in [5.74, 6) is -3.09. The highest BCUT2D eigenvalue weighted by molar-refractivity contribution is 5.98. The van der Waals surface area contributed by atoms with Gasteiger partial charge in [-0.25, -0.2) is 0 Å². The first-order valence-corrected chi connectivity index (χ1v) is 8.88. The Morgan fingerprint density at radius 1 is 0.885 bits per heavy atom. The summed E-state index contributed by atoms with van der Waals surface area (Å²) in [7, 11) is 0. The number of rotatable bonds is 5. The number of phenolic OH excluding ortho intramolecular Hbond substituents is 1. The van der Waals surface area contributed by atoms with Gasteiger partial charge in [0.2, 0.25) is 0 Å². The third-order valence-corrected chi connectivity index (χ3v) is 5.02. The molecule has 0 saturated carbocycles. The second-order valence-corrected chi connectivity index (χ2v) is 9.45. The van der Waals surface area contributed by atoms with Gasteiger partial charge in [0.1, 0.15) is 5.75 Å². The molecule has 146 valence electrons. The smallest absolute Gasteiger partial charge is 0.321 e. The molecule has 0 bridgehead atoms. The van der Waals surface area contributed by atoms with Crippen LogP contribution < -0.4 is 0 Å². The number of carboxylic acids is 2. The lowest BCUT2D eigenvalue weighted by molar-refractivity contribution is -0.168. The van der Waals surface area contributed by atoms with Crippen LogP contribution in [0.1, 0.15) is 72.1 Å². The van der Waals surface area contributed by atoms with Crippen molar-refractivity contribution in [3.05, 3.63) is 28.8 Å². The lowest BCUT2D eigenvalue weighted by Gasteiger charge is -2.32.